The molecule has 33 heavy (non-hydrogen) atoms. The van der Waals surface area contributed by atoms with Crippen molar-refractivity contribution >= 4 is 11.7 Å². The Morgan fingerprint density at radius 1 is 1.12 bits per heavy atom. The fourth-order valence-corrected chi connectivity index (χ4v) is 4.92. The van der Waals surface area contributed by atoms with Crippen molar-refractivity contribution in [3.05, 3.63) is 71.5 Å². The minimum Gasteiger partial charge on any atom is -0.497 e. The molecule has 0 bridgehead atoms. The summed E-state index contributed by atoms with van der Waals surface area (Å²) < 4.78 is 7.37. The zero-order valence-electron chi connectivity index (χ0n) is 19.5. The van der Waals surface area contributed by atoms with Crippen molar-refractivity contribution in [3.63, 3.8) is 0 Å². The van der Waals surface area contributed by atoms with E-state index in [1.165, 1.54) is 16.8 Å². The van der Waals surface area contributed by atoms with E-state index >= 15 is 0 Å². The van der Waals surface area contributed by atoms with Gasteiger partial charge in [0.1, 0.15) is 5.75 Å². The number of anilines is 1. The fraction of sp³-hybridized carbons (Fsp3) is 0.385. The maximum absolute atomic E-state index is 11.9. The third-order valence-electron chi connectivity index (χ3n) is 6.65. The topological polar surface area (TPSA) is 71.4 Å². The second kappa shape index (κ2) is 8.56. The van der Waals surface area contributed by atoms with E-state index < -0.39 is 0 Å². The SMILES string of the molecule is COc1ccc(-n2ncc3c2CC(C)(C)CC3NCc2ccc(N3CCNC3=O)cc2)cc1. The smallest absolute Gasteiger partial charge is 0.321 e. The Morgan fingerprint density at radius 3 is 2.52 bits per heavy atom. The molecule has 2 aliphatic rings. The third kappa shape index (κ3) is 4.33. The number of nitrogens with zero attached hydrogens (tertiary/aromatic N) is 3. The van der Waals surface area contributed by atoms with Crippen LogP contribution in [0.1, 0.15) is 43.1 Å². The van der Waals surface area contributed by atoms with Crippen LogP contribution < -0.4 is 20.3 Å². The molecule has 2 N–H and O–H groups in total. The summed E-state index contributed by atoms with van der Waals surface area (Å²) in [7, 11) is 1.68. The van der Waals surface area contributed by atoms with E-state index in [4.69, 9.17) is 9.84 Å². The molecule has 2 aromatic carbocycles. The van der Waals surface area contributed by atoms with Gasteiger partial charge in [0.05, 0.1) is 19.0 Å². The molecule has 1 aliphatic carbocycles. The van der Waals surface area contributed by atoms with Gasteiger partial charge in [-0.05, 0) is 60.2 Å². The van der Waals surface area contributed by atoms with E-state index in [0.29, 0.717) is 13.1 Å². The predicted octanol–water partition coefficient (Wildman–Crippen LogP) is 4.21. The molecule has 7 nitrogen and oxygen atoms in total. The molecule has 1 atom stereocenters. The van der Waals surface area contributed by atoms with Crippen LogP contribution in [0.25, 0.3) is 5.69 Å². The van der Waals surface area contributed by atoms with E-state index in [1.54, 1.807) is 12.0 Å². The number of aromatic nitrogens is 2. The van der Waals surface area contributed by atoms with E-state index in [1.807, 2.05) is 30.5 Å². The molecule has 1 fully saturated rings. The normalized spacial score (nSPS) is 19.3. The minimum absolute atomic E-state index is 0.0216. The number of urea groups is 1. The second-order valence-corrected chi connectivity index (χ2v) is 9.69. The van der Waals surface area contributed by atoms with Crippen LogP contribution in [0, 0.1) is 5.41 Å². The molecule has 3 aromatic rings. The number of carbonyl (C=O) groups excluding carboxylic acids is 1. The first-order chi connectivity index (χ1) is 15.9. The van der Waals surface area contributed by atoms with Gasteiger partial charge in [0, 0.05) is 42.6 Å². The van der Waals surface area contributed by atoms with Crippen LogP contribution >= 0.6 is 0 Å². The lowest BCUT2D eigenvalue weighted by molar-refractivity contribution is 0.252. The largest absolute Gasteiger partial charge is 0.497 e. The Labute approximate surface area is 194 Å². The molecule has 2 amide bonds. The number of nitrogens with one attached hydrogen (secondary N) is 2. The summed E-state index contributed by atoms with van der Waals surface area (Å²) in [5, 5.41) is 11.4. The molecule has 0 saturated carbocycles. The van der Waals surface area contributed by atoms with Gasteiger partial charge >= 0.3 is 6.03 Å². The fourth-order valence-electron chi connectivity index (χ4n) is 4.92. The van der Waals surface area contributed by atoms with Crippen molar-refractivity contribution in [1.82, 2.24) is 20.4 Å². The molecule has 5 rings (SSSR count). The van der Waals surface area contributed by atoms with Gasteiger partial charge in [-0.2, -0.15) is 5.10 Å². The molecule has 1 saturated heterocycles. The summed E-state index contributed by atoms with van der Waals surface area (Å²) in [5.74, 6) is 0.844. The summed E-state index contributed by atoms with van der Waals surface area (Å²) in [6.07, 6.45) is 4.06. The summed E-state index contributed by atoms with van der Waals surface area (Å²) in [4.78, 5) is 13.7. The maximum Gasteiger partial charge on any atom is 0.321 e. The first-order valence-corrected chi connectivity index (χ1v) is 11.5. The van der Waals surface area contributed by atoms with Crippen molar-refractivity contribution < 1.29 is 9.53 Å². The molecule has 172 valence electrons. The van der Waals surface area contributed by atoms with Gasteiger partial charge in [0.2, 0.25) is 0 Å². The van der Waals surface area contributed by atoms with E-state index in [-0.39, 0.29) is 17.5 Å². The Kier molecular flexibility index (Phi) is 5.58. The highest BCUT2D eigenvalue weighted by Gasteiger charge is 2.35. The Hall–Kier alpha value is -3.32. The Balaban J connectivity index is 1.33. The quantitative estimate of drug-likeness (QED) is 0.596. The van der Waals surface area contributed by atoms with E-state index in [9.17, 15) is 4.79 Å². The lowest BCUT2D eigenvalue weighted by Gasteiger charge is -2.36. The van der Waals surface area contributed by atoms with Gasteiger partial charge in [0.15, 0.2) is 0 Å². The van der Waals surface area contributed by atoms with Crippen LogP contribution in [-0.2, 0) is 13.0 Å². The van der Waals surface area contributed by atoms with Crippen LogP contribution in [0.5, 0.6) is 5.75 Å². The van der Waals surface area contributed by atoms with Gasteiger partial charge in [-0.3, -0.25) is 4.90 Å². The number of methoxy groups -OCH3 is 1. The summed E-state index contributed by atoms with van der Waals surface area (Å²) >= 11 is 0. The van der Waals surface area contributed by atoms with Gasteiger partial charge in [-0.15, -0.1) is 0 Å². The summed E-state index contributed by atoms with van der Waals surface area (Å²) in [5.41, 5.74) is 5.90. The van der Waals surface area contributed by atoms with Crippen molar-refractivity contribution in [1.29, 1.82) is 0 Å². The van der Waals surface area contributed by atoms with Crippen molar-refractivity contribution in [3.8, 4) is 11.4 Å². The molecule has 0 radical (unpaired) electrons. The molecule has 1 aliphatic heterocycles. The van der Waals surface area contributed by atoms with Crippen LogP contribution in [-0.4, -0.2) is 36.0 Å². The second-order valence-electron chi connectivity index (χ2n) is 9.69. The molecule has 1 aromatic heterocycles. The van der Waals surface area contributed by atoms with Crippen molar-refractivity contribution in [2.45, 2.75) is 39.3 Å². The van der Waals surface area contributed by atoms with Crippen LogP contribution in [0.3, 0.4) is 0 Å². The average Bonchev–Trinajstić information content (AvgIpc) is 3.43. The molecular weight excluding hydrogens is 414 g/mol. The van der Waals surface area contributed by atoms with Gasteiger partial charge < -0.3 is 15.4 Å². The number of fused-ring (bicyclic) bond motifs is 1. The van der Waals surface area contributed by atoms with Crippen molar-refractivity contribution in [2.75, 3.05) is 25.1 Å². The maximum atomic E-state index is 11.9. The molecule has 0 spiro atoms. The standard InChI is InChI=1S/C26H31N5O2/c1-26(2)14-23(28-16-18-4-6-19(7-5-18)30-13-12-27-25(30)32)22-17-29-31(24(22)15-26)20-8-10-21(33-3)11-9-20/h4-11,17,23,28H,12-16H2,1-3H3,(H,27,32). The average molecular weight is 446 g/mol. The monoisotopic (exact) mass is 445 g/mol. The summed E-state index contributed by atoms with van der Waals surface area (Å²) in [6, 6.07) is 16.5. The lowest BCUT2D eigenvalue weighted by Crippen LogP contribution is -2.33. The third-order valence-corrected chi connectivity index (χ3v) is 6.65. The number of amides is 2. The molecule has 1 unspecified atom stereocenters. The van der Waals surface area contributed by atoms with Gasteiger partial charge in [-0.25, -0.2) is 9.48 Å². The Morgan fingerprint density at radius 2 is 1.85 bits per heavy atom. The highest BCUT2D eigenvalue weighted by atomic mass is 16.5. The molecule has 7 heteroatoms. The predicted molar refractivity (Wildman–Crippen MR) is 129 cm³/mol. The first-order valence-electron chi connectivity index (χ1n) is 11.5. The highest BCUT2D eigenvalue weighted by Crippen LogP contribution is 2.41. The number of ether oxygens (including phenoxy) is 1. The number of carbonyl (C=O) groups is 1. The minimum atomic E-state index is -0.0216. The Bertz CT molecular complexity index is 1130. The highest BCUT2D eigenvalue weighted by molar-refractivity contribution is 5.93. The van der Waals surface area contributed by atoms with Crippen molar-refractivity contribution in [2.24, 2.45) is 5.41 Å². The van der Waals surface area contributed by atoms with Crippen LogP contribution in [0.2, 0.25) is 0 Å². The number of hydrogen-bond donors (Lipinski definition) is 2. The first kappa shape index (κ1) is 21.5. The number of rotatable bonds is 6. The van der Waals surface area contributed by atoms with Crippen LogP contribution in [0.4, 0.5) is 10.5 Å². The van der Waals surface area contributed by atoms with Gasteiger partial charge in [0.25, 0.3) is 0 Å². The molecular formula is C26H31N5O2. The van der Waals surface area contributed by atoms with Crippen LogP contribution in [0.15, 0.2) is 54.7 Å². The lowest BCUT2D eigenvalue weighted by atomic mass is 9.74. The zero-order chi connectivity index (χ0) is 23.0. The summed E-state index contributed by atoms with van der Waals surface area (Å²) in [6.45, 7) is 6.83. The van der Waals surface area contributed by atoms with E-state index in [0.717, 1.165) is 36.5 Å². The zero-order valence-corrected chi connectivity index (χ0v) is 19.5. The van der Waals surface area contributed by atoms with Gasteiger partial charge in [-0.1, -0.05) is 26.0 Å². The van der Waals surface area contributed by atoms with E-state index in [2.05, 4.69) is 53.4 Å². The molecule has 2 heterocycles. The number of hydrogen-bond acceptors (Lipinski definition) is 4. The number of benzene rings is 2.